The number of carbonyl (C=O) groups excluding carboxylic acids is 2. The molecule has 0 N–H and O–H groups in total. The monoisotopic (exact) mass is 363 g/mol. The number of ketones is 1. The van der Waals surface area contributed by atoms with Crippen LogP contribution in [0.15, 0.2) is 66.0 Å². The van der Waals surface area contributed by atoms with E-state index in [0.717, 1.165) is 10.4 Å². The minimum absolute atomic E-state index is 0.208. The predicted octanol–water partition coefficient (Wildman–Crippen LogP) is 3.91. The van der Waals surface area contributed by atoms with Crippen LogP contribution in [-0.2, 0) is 11.2 Å². The van der Waals surface area contributed by atoms with Crippen molar-refractivity contribution in [2.24, 2.45) is 0 Å². The van der Waals surface area contributed by atoms with E-state index in [1.807, 2.05) is 23.6 Å². The van der Waals surface area contributed by atoms with Crippen LogP contribution in [0.4, 0.5) is 0 Å². The SMILES string of the molecule is O=C(Cc1cccs1)Oc1ccc2c(c1)O/C(=C\c1cccnc1)C2=O. The fraction of sp³-hybridized carbons (Fsp3) is 0.0500. The zero-order valence-corrected chi connectivity index (χ0v) is 14.4. The number of pyridine rings is 1. The van der Waals surface area contributed by atoms with Crippen molar-refractivity contribution >= 4 is 29.2 Å². The molecule has 0 radical (unpaired) electrons. The van der Waals surface area contributed by atoms with Crippen LogP contribution in [0.5, 0.6) is 11.5 Å². The number of ether oxygens (including phenoxy) is 2. The molecule has 3 heterocycles. The highest BCUT2D eigenvalue weighted by atomic mass is 32.1. The molecule has 1 aliphatic heterocycles. The molecular weight excluding hydrogens is 350 g/mol. The third kappa shape index (κ3) is 3.41. The smallest absolute Gasteiger partial charge is 0.316 e. The molecule has 0 amide bonds. The summed E-state index contributed by atoms with van der Waals surface area (Å²) in [5.41, 5.74) is 1.21. The summed E-state index contributed by atoms with van der Waals surface area (Å²) in [7, 11) is 0. The van der Waals surface area contributed by atoms with Gasteiger partial charge in [0.1, 0.15) is 11.5 Å². The highest BCUT2D eigenvalue weighted by Gasteiger charge is 2.28. The van der Waals surface area contributed by atoms with Gasteiger partial charge in [-0.3, -0.25) is 14.6 Å². The lowest BCUT2D eigenvalue weighted by atomic mass is 10.1. The summed E-state index contributed by atoms with van der Waals surface area (Å²) < 4.78 is 11.0. The minimum atomic E-state index is -0.358. The highest BCUT2D eigenvalue weighted by Crippen LogP contribution is 2.35. The second-order valence-corrected chi connectivity index (χ2v) is 6.65. The van der Waals surface area contributed by atoms with Gasteiger partial charge in [-0.15, -0.1) is 11.3 Å². The van der Waals surface area contributed by atoms with Crippen LogP contribution in [0.1, 0.15) is 20.8 Å². The van der Waals surface area contributed by atoms with Crippen molar-refractivity contribution in [3.8, 4) is 11.5 Å². The summed E-state index contributed by atoms with van der Waals surface area (Å²) in [5.74, 6) is 0.380. The van der Waals surface area contributed by atoms with Gasteiger partial charge in [-0.1, -0.05) is 12.1 Å². The van der Waals surface area contributed by atoms with E-state index in [-0.39, 0.29) is 23.9 Å². The van der Waals surface area contributed by atoms with Crippen molar-refractivity contribution in [2.75, 3.05) is 0 Å². The topological polar surface area (TPSA) is 65.5 Å². The van der Waals surface area contributed by atoms with Gasteiger partial charge in [0.15, 0.2) is 5.76 Å². The Kier molecular flexibility index (Phi) is 4.33. The van der Waals surface area contributed by atoms with E-state index in [4.69, 9.17) is 9.47 Å². The molecule has 6 heteroatoms. The average Bonchev–Trinajstić information content (AvgIpc) is 3.24. The van der Waals surface area contributed by atoms with Crippen LogP contribution in [0.3, 0.4) is 0 Å². The second kappa shape index (κ2) is 6.93. The molecule has 1 aliphatic rings. The van der Waals surface area contributed by atoms with Crippen molar-refractivity contribution in [1.29, 1.82) is 0 Å². The van der Waals surface area contributed by atoms with Gasteiger partial charge in [-0.2, -0.15) is 0 Å². The van der Waals surface area contributed by atoms with E-state index in [9.17, 15) is 9.59 Å². The van der Waals surface area contributed by atoms with Crippen LogP contribution in [-0.4, -0.2) is 16.7 Å². The van der Waals surface area contributed by atoms with Crippen molar-refractivity contribution < 1.29 is 19.1 Å². The number of thiophene rings is 1. The highest BCUT2D eigenvalue weighted by molar-refractivity contribution is 7.10. The molecule has 0 bridgehead atoms. The number of esters is 1. The first kappa shape index (κ1) is 16.2. The normalized spacial score (nSPS) is 14.2. The Morgan fingerprint density at radius 1 is 1.23 bits per heavy atom. The number of Topliss-reactive ketones (excluding diaryl/α,β-unsaturated/α-hetero) is 1. The van der Waals surface area contributed by atoms with E-state index < -0.39 is 0 Å². The number of hydrogen-bond donors (Lipinski definition) is 0. The number of fused-ring (bicyclic) bond motifs is 1. The Bertz CT molecular complexity index is 994. The lowest BCUT2D eigenvalue weighted by molar-refractivity contribution is -0.133. The summed E-state index contributed by atoms with van der Waals surface area (Å²) in [6.07, 6.45) is 5.15. The van der Waals surface area contributed by atoms with Gasteiger partial charge in [0.05, 0.1) is 12.0 Å². The van der Waals surface area contributed by atoms with Crippen molar-refractivity contribution in [3.63, 3.8) is 0 Å². The van der Waals surface area contributed by atoms with Crippen molar-refractivity contribution in [1.82, 2.24) is 4.98 Å². The molecule has 0 atom stereocenters. The standard InChI is InChI=1S/C20H13NO4S/c22-19(11-15-4-2-8-26-15)24-14-5-6-16-17(10-14)25-18(20(16)23)9-13-3-1-7-21-12-13/h1-10,12H,11H2/b18-9-. The second-order valence-electron chi connectivity index (χ2n) is 5.61. The van der Waals surface area contributed by atoms with Gasteiger partial charge in [0, 0.05) is 23.3 Å². The van der Waals surface area contributed by atoms with E-state index in [1.54, 1.807) is 42.7 Å². The van der Waals surface area contributed by atoms with Gasteiger partial charge < -0.3 is 9.47 Å². The zero-order valence-electron chi connectivity index (χ0n) is 13.5. The fourth-order valence-electron chi connectivity index (χ4n) is 2.57. The van der Waals surface area contributed by atoms with Crippen LogP contribution in [0, 0.1) is 0 Å². The van der Waals surface area contributed by atoms with E-state index in [1.165, 1.54) is 11.3 Å². The molecule has 0 aliphatic carbocycles. The maximum atomic E-state index is 12.4. The summed E-state index contributed by atoms with van der Waals surface area (Å²) in [6, 6.07) is 12.1. The first-order valence-corrected chi connectivity index (χ1v) is 8.78. The Morgan fingerprint density at radius 2 is 2.15 bits per heavy atom. The minimum Gasteiger partial charge on any atom is -0.452 e. The third-order valence-corrected chi connectivity index (χ3v) is 4.63. The molecule has 2 aromatic heterocycles. The van der Waals surface area contributed by atoms with Crippen LogP contribution >= 0.6 is 11.3 Å². The molecule has 0 fully saturated rings. The fourth-order valence-corrected chi connectivity index (χ4v) is 3.26. The molecule has 5 nitrogen and oxygen atoms in total. The molecule has 26 heavy (non-hydrogen) atoms. The first-order valence-electron chi connectivity index (χ1n) is 7.90. The largest absolute Gasteiger partial charge is 0.452 e. The van der Waals surface area contributed by atoms with Gasteiger partial charge in [-0.25, -0.2) is 0 Å². The van der Waals surface area contributed by atoms with Gasteiger partial charge in [0.2, 0.25) is 5.78 Å². The predicted molar refractivity (Wildman–Crippen MR) is 97.3 cm³/mol. The van der Waals surface area contributed by atoms with Crippen molar-refractivity contribution in [2.45, 2.75) is 6.42 Å². The molecular formula is C20H13NO4S. The van der Waals surface area contributed by atoms with E-state index >= 15 is 0 Å². The number of hydrogen-bond acceptors (Lipinski definition) is 6. The van der Waals surface area contributed by atoms with Gasteiger partial charge in [0.25, 0.3) is 0 Å². The molecule has 4 rings (SSSR count). The Hall–Kier alpha value is -3.25. The number of aromatic nitrogens is 1. The summed E-state index contributed by atoms with van der Waals surface area (Å²) in [5, 5.41) is 1.91. The summed E-state index contributed by atoms with van der Waals surface area (Å²) >= 11 is 1.50. The third-order valence-electron chi connectivity index (χ3n) is 3.75. The maximum absolute atomic E-state index is 12.4. The van der Waals surface area contributed by atoms with Gasteiger partial charge >= 0.3 is 5.97 Å². The zero-order chi connectivity index (χ0) is 17.9. The Labute approximate surface area is 153 Å². The summed E-state index contributed by atoms with van der Waals surface area (Å²) in [4.78, 5) is 29.4. The van der Waals surface area contributed by atoms with Crippen molar-refractivity contribution in [3.05, 3.63) is 82.0 Å². The quantitative estimate of drug-likeness (QED) is 0.399. The molecule has 0 saturated heterocycles. The van der Waals surface area contributed by atoms with E-state index in [0.29, 0.717) is 17.1 Å². The average molecular weight is 363 g/mol. The lowest BCUT2D eigenvalue weighted by Gasteiger charge is -2.05. The number of nitrogens with zero attached hydrogens (tertiary/aromatic N) is 1. The molecule has 128 valence electrons. The number of benzene rings is 1. The molecule has 0 spiro atoms. The van der Waals surface area contributed by atoms with Crippen LogP contribution < -0.4 is 9.47 Å². The Morgan fingerprint density at radius 3 is 2.92 bits per heavy atom. The van der Waals surface area contributed by atoms with Crippen LogP contribution in [0.2, 0.25) is 0 Å². The molecule has 0 saturated carbocycles. The van der Waals surface area contributed by atoms with E-state index in [2.05, 4.69) is 4.98 Å². The maximum Gasteiger partial charge on any atom is 0.316 e. The van der Waals surface area contributed by atoms with Crippen LogP contribution in [0.25, 0.3) is 6.08 Å². The molecule has 3 aromatic rings. The number of allylic oxidation sites excluding steroid dienone is 1. The number of rotatable bonds is 4. The van der Waals surface area contributed by atoms with Gasteiger partial charge in [-0.05, 0) is 41.3 Å². The Balaban J connectivity index is 1.50. The number of carbonyl (C=O) groups is 2. The molecule has 1 aromatic carbocycles. The first-order chi connectivity index (χ1) is 12.7. The molecule has 0 unspecified atom stereocenters. The lowest BCUT2D eigenvalue weighted by Crippen LogP contribution is -2.10. The summed E-state index contributed by atoms with van der Waals surface area (Å²) in [6.45, 7) is 0.